The number of ketones is 1. The molecule has 1 aromatic rings. The minimum Gasteiger partial charge on any atom is -0.381 e. The predicted octanol–water partition coefficient (Wildman–Crippen LogP) is 3.04. The summed E-state index contributed by atoms with van der Waals surface area (Å²) < 4.78 is 5.20. The molecule has 2 nitrogen and oxygen atoms in total. The molecule has 0 saturated carbocycles. The lowest BCUT2D eigenvalue weighted by atomic mass is 10.1. The van der Waals surface area contributed by atoms with E-state index in [2.05, 4.69) is 0 Å². The van der Waals surface area contributed by atoms with Gasteiger partial charge in [-0.15, -0.1) is 11.8 Å². The van der Waals surface area contributed by atoms with E-state index in [0.29, 0.717) is 24.0 Å². The van der Waals surface area contributed by atoms with Crippen molar-refractivity contribution in [3.8, 4) is 0 Å². The molecule has 2 rings (SSSR count). The summed E-state index contributed by atoms with van der Waals surface area (Å²) in [4.78, 5) is 12.8. The number of thioether (sulfide) groups is 1. The van der Waals surface area contributed by atoms with Crippen LogP contribution in [0, 0.1) is 5.92 Å². The molecule has 0 radical (unpaired) electrons. The summed E-state index contributed by atoms with van der Waals surface area (Å²) in [7, 11) is 0. The third-order valence-electron chi connectivity index (χ3n) is 2.59. The summed E-state index contributed by atoms with van der Waals surface area (Å²) in [5, 5.41) is 0.711. The van der Waals surface area contributed by atoms with Crippen LogP contribution >= 0.6 is 23.4 Å². The maximum absolute atomic E-state index is 11.8. The zero-order valence-electron chi connectivity index (χ0n) is 8.82. The van der Waals surface area contributed by atoms with Crippen LogP contribution in [0.2, 0.25) is 5.02 Å². The van der Waals surface area contributed by atoms with Gasteiger partial charge in [0.05, 0.1) is 17.4 Å². The average Bonchev–Trinajstić information content (AvgIpc) is 2.81. The van der Waals surface area contributed by atoms with E-state index in [-0.39, 0.29) is 11.7 Å². The average molecular weight is 257 g/mol. The second kappa shape index (κ2) is 5.71. The predicted molar refractivity (Wildman–Crippen MR) is 66.1 cm³/mol. The summed E-state index contributed by atoms with van der Waals surface area (Å²) in [6.45, 7) is 1.30. The van der Waals surface area contributed by atoms with Crippen molar-refractivity contribution in [1.82, 2.24) is 0 Å². The van der Waals surface area contributed by atoms with Crippen LogP contribution in [0.4, 0.5) is 0 Å². The number of halogens is 1. The van der Waals surface area contributed by atoms with E-state index in [0.717, 1.165) is 11.3 Å². The zero-order chi connectivity index (χ0) is 11.4. The molecule has 86 valence electrons. The van der Waals surface area contributed by atoms with Gasteiger partial charge in [0.25, 0.3) is 0 Å². The molecule has 1 heterocycles. The topological polar surface area (TPSA) is 26.3 Å². The first kappa shape index (κ1) is 12.0. The first-order chi connectivity index (χ1) is 7.77. The number of Topliss-reactive ketones (excluding diaryl/α,β-unsaturated/α-hetero) is 1. The van der Waals surface area contributed by atoms with E-state index in [1.54, 1.807) is 0 Å². The van der Waals surface area contributed by atoms with Gasteiger partial charge in [-0.25, -0.2) is 0 Å². The Hall–Kier alpha value is -0.510. The molecular weight excluding hydrogens is 244 g/mol. The smallest absolute Gasteiger partial charge is 0.148 e. The highest BCUT2D eigenvalue weighted by Gasteiger charge is 2.23. The second-order valence-electron chi connectivity index (χ2n) is 3.75. The summed E-state index contributed by atoms with van der Waals surface area (Å²) >= 11 is 7.52. The van der Waals surface area contributed by atoms with Crippen molar-refractivity contribution >= 4 is 29.1 Å². The molecular formula is C12H13ClO2S. The van der Waals surface area contributed by atoms with Crippen LogP contribution in [0.5, 0.6) is 0 Å². The van der Waals surface area contributed by atoms with Crippen LogP contribution in [0.3, 0.4) is 0 Å². The van der Waals surface area contributed by atoms with Gasteiger partial charge in [0, 0.05) is 17.4 Å². The minimum atomic E-state index is 0.0926. The second-order valence-corrected chi connectivity index (χ2v) is 5.17. The SMILES string of the molecule is O=C(CSc1ccccc1Cl)C1CCOC1. The number of benzene rings is 1. The highest BCUT2D eigenvalue weighted by molar-refractivity contribution is 8.00. The van der Waals surface area contributed by atoms with Gasteiger partial charge in [0.15, 0.2) is 0 Å². The van der Waals surface area contributed by atoms with Crippen LogP contribution in [0.25, 0.3) is 0 Å². The van der Waals surface area contributed by atoms with Crippen LogP contribution < -0.4 is 0 Å². The lowest BCUT2D eigenvalue weighted by molar-refractivity contribution is -0.120. The Balaban J connectivity index is 1.87. The molecule has 0 bridgehead atoms. The monoisotopic (exact) mass is 256 g/mol. The van der Waals surface area contributed by atoms with Crippen molar-refractivity contribution in [3.05, 3.63) is 29.3 Å². The van der Waals surface area contributed by atoms with Gasteiger partial charge in [-0.3, -0.25) is 4.79 Å². The Morgan fingerprint density at radius 1 is 1.50 bits per heavy atom. The molecule has 0 aliphatic carbocycles. The highest BCUT2D eigenvalue weighted by atomic mass is 35.5. The van der Waals surface area contributed by atoms with Crippen molar-refractivity contribution in [1.29, 1.82) is 0 Å². The van der Waals surface area contributed by atoms with Crippen molar-refractivity contribution in [2.24, 2.45) is 5.92 Å². The summed E-state index contributed by atoms with van der Waals surface area (Å²) in [5.41, 5.74) is 0. The van der Waals surface area contributed by atoms with E-state index in [1.807, 2.05) is 24.3 Å². The fourth-order valence-corrected chi connectivity index (χ4v) is 2.83. The molecule has 0 aromatic heterocycles. The summed E-state index contributed by atoms with van der Waals surface area (Å²) in [6, 6.07) is 7.59. The molecule has 1 aliphatic heterocycles. The number of hydrogen-bond donors (Lipinski definition) is 0. The molecule has 0 amide bonds. The molecule has 0 spiro atoms. The quantitative estimate of drug-likeness (QED) is 0.775. The van der Waals surface area contributed by atoms with E-state index in [9.17, 15) is 4.79 Å². The summed E-state index contributed by atoms with van der Waals surface area (Å²) in [5.74, 6) is 0.843. The Labute approximate surface area is 104 Å². The Morgan fingerprint density at radius 3 is 3.00 bits per heavy atom. The van der Waals surface area contributed by atoms with Crippen molar-refractivity contribution < 1.29 is 9.53 Å². The molecule has 1 aliphatic rings. The Bertz CT molecular complexity index is 375. The van der Waals surface area contributed by atoms with E-state index in [1.165, 1.54) is 11.8 Å². The highest BCUT2D eigenvalue weighted by Crippen LogP contribution is 2.27. The third kappa shape index (κ3) is 3.00. The maximum atomic E-state index is 11.8. The molecule has 16 heavy (non-hydrogen) atoms. The Kier molecular flexibility index (Phi) is 4.27. The molecule has 1 atom stereocenters. The fraction of sp³-hybridized carbons (Fsp3) is 0.417. The Morgan fingerprint density at radius 2 is 2.31 bits per heavy atom. The maximum Gasteiger partial charge on any atom is 0.148 e. The number of carbonyl (C=O) groups excluding carboxylic acids is 1. The van der Waals surface area contributed by atoms with Gasteiger partial charge in [-0.05, 0) is 18.6 Å². The first-order valence-electron chi connectivity index (χ1n) is 5.25. The van der Waals surface area contributed by atoms with E-state index in [4.69, 9.17) is 16.3 Å². The largest absolute Gasteiger partial charge is 0.381 e. The molecule has 1 unspecified atom stereocenters. The van der Waals surface area contributed by atoms with Crippen molar-refractivity contribution in [3.63, 3.8) is 0 Å². The minimum absolute atomic E-state index is 0.0926. The number of carbonyl (C=O) groups is 1. The van der Waals surface area contributed by atoms with E-state index < -0.39 is 0 Å². The van der Waals surface area contributed by atoms with Crippen LogP contribution in [0.15, 0.2) is 29.2 Å². The molecule has 0 N–H and O–H groups in total. The fourth-order valence-electron chi connectivity index (χ4n) is 1.62. The van der Waals surface area contributed by atoms with Gasteiger partial charge in [0.2, 0.25) is 0 Å². The van der Waals surface area contributed by atoms with Crippen LogP contribution in [-0.4, -0.2) is 24.7 Å². The molecule has 4 heteroatoms. The molecule has 1 fully saturated rings. The normalized spacial score (nSPS) is 19.9. The number of hydrogen-bond acceptors (Lipinski definition) is 3. The zero-order valence-corrected chi connectivity index (χ0v) is 10.4. The first-order valence-corrected chi connectivity index (χ1v) is 6.61. The standard InChI is InChI=1S/C12H13ClO2S/c13-10-3-1-2-4-12(10)16-8-11(14)9-5-6-15-7-9/h1-4,9H,5-8H2. The lowest BCUT2D eigenvalue weighted by Crippen LogP contribution is -2.16. The van der Waals surface area contributed by atoms with Crippen molar-refractivity contribution in [2.75, 3.05) is 19.0 Å². The lowest BCUT2D eigenvalue weighted by Gasteiger charge is -2.06. The number of rotatable bonds is 4. The third-order valence-corrected chi connectivity index (χ3v) is 4.13. The summed E-state index contributed by atoms with van der Waals surface area (Å²) in [6.07, 6.45) is 0.863. The number of ether oxygens (including phenoxy) is 1. The van der Waals surface area contributed by atoms with Gasteiger partial charge >= 0.3 is 0 Å². The van der Waals surface area contributed by atoms with Crippen LogP contribution in [-0.2, 0) is 9.53 Å². The van der Waals surface area contributed by atoms with Crippen molar-refractivity contribution in [2.45, 2.75) is 11.3 Å². The van der Waals surface area contributed by atoms with Crippen LogP contribution in [0.1, 0.15) is 6.42 Å². The van der Waals surface area contributed by atoms with Gasteiger partial charge in [-0.2, -0.15) is 0 Å². The van der Waals surface area contributed by atoms with Gasteiger partial charge < -0.3 is 4.74 Å². The van der Waals surface area contributed by atoms with Gasteiger partial charge in [0.1, 0.15) is 5.78 Å². The molecule has 1 aromatic carbocycles. The van der Waals surface area contributed by atoms with E-state index >= 15 is 0 Å². The molecule has 1 saturated heterocycles. The van der Waals surface area contributed by atoms with Gasteiger partial charge in [-0.1, -0.05) is 23.7 Å².